The van der Waals surface area contributed by atoms with Gasteiger partial charge in [-0.05, 0) is 36.4 Å². The van der Waals surface area contributed by atoms with Crippen LogP contribution in [0, 0.1) is 11.6 Å². The van der Waals surface area contributed by atoms with Crippen LogP contribution in [-0.2, 0) is 6.54 Å². The Morgan fingerprint density at radius 3 is 2.76 bits per heavy atom. The van der Waals surface area contributed by atoms with Crippen LogP contribution in [0.15, 0.2) is 55.0 Å². The molecular weight excluding hydrogens is 274 g/mol. The molecule has 0 aliphatic carbocycles. The van der Waals surface area contributed by atoms with Gasteiger partial charge in [-0.25, -0.2) is 18.4 Å². The van der Waals surface area contributed by atoms with Gasteiger partial charge in [0.15, 0.2) is 5.82 Å². The topological polar surface area (TPSA) is 42.7 Å². The van der Waals surface area contributed by atoms with Crippen LogP contribution in [-0.4, -0.2) is 14.8 Å². The molecular formula is C15H12F2N4. The maximum atomic E-state index is 13.5. The predicted molar refractivity (Wildman–Crippen MR) is 75.0 cm³/mol. The molecule has 0 bridgehead atoms. The maximum absolute atomic E-state index is 13.5. The molecule has 6 heteroatoms. The van der Waals surface area contributed by atoms with Gasteiger partial charge in [0.2, 0.25) is 0 Å². The minimum Gasteiger partial charge on any atom is -0.380 e. The fourth-order valence-corrected chi connectivity index (χ4v) is 1.91. The van der Waals surface area contributed by atoms with Gasteiger partial charge in [0, 0.05) is 24.5 Å². The van der Waals surface area contributed by atoms with Crippen LogP contribution in [0.2, 0.25) is 0 Å². The average molecular weight is 286 g/mol. The summed E-state index contributed by atoms with van der Waals surface area (Å²) in [6.07, 6.45) is 5.08. The first kappa shape index (κ1) is 13.2. The molecule has 0 saturated heterocycles. The number of nitrogens with one attached hydrogen (secondary N) is 1. The molecule has 3 aromatic rings. The van der Waals surface area contributed by atoms with E-state index in [0.29, 0.717) is 5.82 Å². The average Bonchev–Trinajstić information content (AvgIpc) is 3.03. The molecule has 0 spiro atoms. The lowest BCUT2D eigenvalue weighted by Gasteiger charge is -2.08. The Bertz CT molecular complexity index is 724. The molecule has 0 aliphatic heterocycles. The Hall–Kier alpha value is -2.76. The van der Waals surface area contributed by atoms with Crippen molar-refractivity contribution >= 4 is 5.69 Å². The first-order valence-corrected chi connectivity index (χ1v) is 6.36. The van der Waals surface area contributed by atoms with Crippen molar-refractivity contribution in [2.24, 2.45) is 0 Å². The van der Waals surface area contributed by atoms with Gasteiger partial charge in [0.1, 0.15) is 11.6 Å². The summed E-state index contributed by atoms with van der Waals surface area (Å²) in [6, 6.07) is 8.79. The third kappa shape index (κ3) is 3.05. The number of benzene rings is 1. The zero-order valence-electron chi connectivity index (χ0n) is 11.0. The van der Waals surface area contributed by atoms with Crippen LogP contribution >= 0.6 is 0 Å². The molecule has 1 aromatic carbocycles. The molecule has 2 aromatic heterocycles. The quantitative estimate of drug-likeness (QED) is 0.801. The fourth-order valence-electron chi connectivity index (χ4n) is 1.91. The van der Waals surface area contributed by atoms with E-state index < -0.39 is 11.6 Å². The zero-order chi connectivity index (χ0) is 14.7. The molecule has 21 heavy (non-hydrogen) atoms. The standard InChI is InChI=1S/C15H12F2N4/c16-12-2-4-14(17)11(8-12)9-18-13-3-5-15(19-10-13)21-7-1-6-20-21/h1-8,10,18H,9H2. The Balaban J connectivity index is 1.70. The summed E-state index contributed by atoms with van der Waals surface area (Å²) < 4.78 is 28.2. The van der Waals surface area contributed by atoms with Gasteiger partial charge in [-0.15, -0.1) is 0 Å². The number of anilines is 1. The highest BCUT2D eigenvalue weighted by molar-refractivity contribution is 5.44. The first-order valence-electron chi connectivity index (χ1n) is 6.36. The van der Waals surface area contributed by atoms with Crippen molar-refractivity contribution in [1.82, 2.24) is 14.8 Å². The van der Waals surface area contributed by atoms with E-state index in [1.165, 1.54) is 6.07 Å². The van der Waals surface area contributed by atoms with Gasteiger partial charge >= 0.3 is 0 Å². The Morgan fingerprint density at radius 1 is 1.14 bits per heavy atom. The van der Waals surface area contributed by atoms with E-state index in [-0.39, 0.29) is 12.1 Å². The van der Waals surface area contributed by atoms with E-state index in [2.05, 4.69) is 15.4 Å². The van der Waals surface area contributed by atoms with Crippen LogP contribution in [0.3, 0.4) is 0 Å². The smallest absolute Gasteiger partial charge is 0.153 e. The van der Waals surface area contributed by atoms with Crippen molar-refractivity contribution in [3.05, 3.63) is 72.2 Å². The third-order valence-electron chi connectivity index (χ3n) is 2.98. The van der Waals surface area contributed by atoms with Crippen molar-refractivity contribution in [2.45, 2.75) is 6.54 Å². The van der Waals surface area contributed by atoms with Gasteiger partial charge in [0.05, 0.1) is 11.9 Å². The number of halogens is 2. The molecule has 0 atom stereocenters. The number of nitrogens with zero attached hydrogens (tertiary/aromatic N) is 3. The largest absolute Gasteiger partial charge is 0.380 e. The van der Waals surface area contributed by atoms with Crippen molar-refractivity contribution in [2.75, 3.05) is 5.32 Å². The lowest BCUT2D eigenvalue weighted by Crippen LogP contribution is -2.04. The van der Waals surface area contributed by atoms with E-state index in [9.17, 15) is 8.78 Å². The molecule has 0 fully saturated rings. The van der Waals surface area contributed by atoms with Gasteiger partial charge in [0.25, 0.3) is 0 Å². The summed E-state index contributed by atoms with van der Waals surface area (Å²) in [5.74, 6) is -0.215. The highest BCUT2D eigenvalue weighted by atomic mass is 19.1. The van der Waals surface area contributed by atoms with E-state index in [1.54, 1.807) is 41.5 Å². The molecule has 2 heterocycles. The molecule has 4 nitrogen and oxygen atoms in total. The predicted octanol–water partition coefficient (Wildman–Crippen LogP) is 3.16. The lowest BCUT2D eigenvalue weighted by atomic mass is 10.2. The summed E-state index contributed by atoms with van der Waals surface area (Å²) in [5, 5.41) is 7.08. The van der Waals surface area contributed by atoms with E-state index in [0.717, 1.165) is 17.8 Å². The van der Waals surface area contributed by atoms with Crippen LogP contribution in [0.5, 0.6) is 0 Å². The highest BCUT2D eigenvalue weighted by Crippen LogP contribution is 2.14. The minimum absolute atomic E-state index is 0.187. The van der Waals surface area contributed by atoms with Gasteiger partial charge in [-0.1, -0.05) is 0 Å². The third-order valence-corrected chi connectivity index (χ3v) is 2.98. The number of rotatable bonds is 4. The summed E-state index contributed by atoms with van der Waals surface area (Å²) in [4.78, 5) is 4.24. The second-order valence-corrected chi connectivity index (χ2v) is 4.44. The van der Waals surface area contributed by atoms with Crippen LogP contribution in [0.1, 0.15) is 5.56 Å². The molecule has 0 radical (unpaired) electrons. The number of hydrogen-bond acceptors (Lipinski definition) is 3. The van der Waals surface area contributed by atoms with E-state index in [4.69, 9.17) is 0 Å². The van der Waals surface area contributed by atoms with Crippen molar-refractivity contribution in [3.8, 4) is 5.82 Å². The summed E-state index contributed by atoms with van der Waals surface area (Å²) in [6.45, 7) is 0.187. The Labute approximate surface area is 120 Å². The first-order chi connectivity index (χ1) is 10.2. The van der Waals surface area contributed by atoms with Gasteiger partial charge in [-0.2, -0.15) is 5.10 Å². The maximum Gasteiger partial charge on any atom is 0.153 e. The van der Waals surface area contributed by atoms with Crippen LogP contribution < -0.4 is 5.32 Å². The zero-order valence-corrected chi connectivity index (χ0v) is 11.0. The molecule has 0 unspecified atom stereocenters. The minimum atomic E-state index is -0.458. The second kappa shape index (κ2) is 5.70. The monoisotopic (exact) mass is 286 g/mol. The van der Waals surface area contributed by atoms with Gasteiger partial charge in [-0.3, -0.25) is 0 Å². The summed E-state index contributed by atoms with van der Waals surface area (Å²) in [7, 11) is 0. The van der Waals surface area contributed by atoms with Crippen molar-refractivity contribution in [1.29, 1.82) is 0 Å². The number of aromatic nitrogens is 3. The Kier molecular flexibility index (Phi) is 3.59. The van der Waals surface area contributed by atoms with Gasteiger partial charge < -0.3 is 5.32 Å². The van der Waals surface area contributed by atoms with E-state index >= 15 is 0 Å². The lowest BCUT2D eigenvalue weighted by molar-refractivity contribution is 0.587. The molecule has 0 amide bonds. The summed E-state index contributed by atoms with van der Waals surface area (Å²) >= 11 is 0. The van der Waals surface area contributed by atoms with Crippen molar-refractivity contribution < 1.29 is 8.78 Å². The Morgan fingerprint density at radius 2 is 2.05 bits per heavy atom. The molecule has 0 aliphatic rings. The summed E-state index contributed by atoms with van der Waals surface area (Å²) in [5.41, 5.74) is 0.987. The molecule has 3 rings (SSSR count). The molecule has 0 saturated carbocycles. The fraction of sp³-hybridized carbons (Fsp3) is 0.0667. The second-order valence-electron chi connectivity index (χ2n) is 4.44. The normalized spacial score (nSPS) is 10.6. The molecule has 1 N–H and O–H groups in total. The highest BCUT2D eigenvalue weighted by Gasteiger charge is 2.04. The number of hydrogen-bond donors (Lipinski definition) is 1. The van der Waals surface area contributed by atoms with Crippen molar-refractivity contribution in [3.63, 3.8) is 0 Å². The van der Waals surface area contributed by atoms with E-state index in [1.807, 2.05) is 0 Å². The number of pyridine rings is 1. The van der Waals surface area contributed by atoms with Crippen LogP contribution in [0.25, 0.3) is 5.82 Å². The molecule has 106 valence electrons. The SMILES string of the molecule is Fc1ccc(F)c(CNc2ccc(-n3cccn3)nc2)c1. The van der Waals surface area contributed by atoms with Crippen LogP contribution in [0.4, 0.5) is 14.5 Å².